The smallest absolute Gasteiger partial charge is 0.189 e. The van der Waals surface area contributed by atoms with Crippen molar-refractivity contribution in [2.45, 2.75) is 32.1 Å². The molecule has 0 radical (unpaired) electrons. The van der Waals surface area contributed by atoms with E-state index in [-0.39, 0.29) is 5.92 Å². The fourth-order valence-corrected chi connectivity index (χ4v) is 2.63. The van der Waals surface area contributed by atoms with E-state index in [4.69, 9.17) is 4.89 Å². The maximum atomic E-state index is 10.9. The third-order valence-electron chi connectivity index (χ3n) is 2.60. The van der Waals surface area contributed by atoms with Gasteiger partial charge in [0, 0.05) is 6.16 Å². The van der Waals surface area contributed by atoms with Crippen LogP contribution in [0.25, 0.3) is 0 Å². The predicted molar refractivity (Wildman–Crippen MR) is 64.8 cm³/mol. The highest BCUT2D eigenvalue weighted by molar-refractivity contribution is 7.38. The summed E-state index contributed by atoms with van der Waals surface area (Å²) in [5.41, 5.74) is 1.19. The summed E-state index contributed by atoms with van der Waals surface area (Å²) < 4.78 is 10.9. The maximum absolute atomic E-state index is 10.9. The number of benzene rings is 1. The second kappa shape index (κ2) is 6.81. The number of unbranched alkanes of at least 4 members (excludes halogenated alkanes) is 1. The molecule has 0 fully saturated rings. The molecule has 2 atom stereocenters. The molecule has 1 aromatic rings. The largest absolute Gasteiger partial charge is 0.346 e. The summed E-state index contributed by atoms with van der Waals surface area (Å²) in [5.74, 6) is 0.252. The van der Waals surface area contributed by atoms with Gasteiger partial charge in [0.05, 0.1) is 0 Å². The van der Waals surface area contributed by atoms with Crippen molar-refractivity contribution in [2.75, 3.05) is 6.16 Å². The highest BCUT2D eigenvalue weighted by Crippen LogP contribution is 2.30. The SMILES string of the molecule is CCCCC(C[PH](=O)O)c1ccccc1. The first kappa shape index (κ1) is 12.5. The van der Waals surface area contributed by atoms with E-state index in [9.17, 15) is 4.57 Å². The van der Waals surface area contributed by atoms with Crippen molar-refractivity contribution in [1.29, 1.82) is 0 Å². The Balaban J connectivity index is 2.67. The molecule has 0 saturated heterocycles. The summed E-state index contributed by atoms with van der Waals surface area (Å²) in [6, 6.07) is 10.0. The van der Waals surface area contributed by atoms with Gasteiger partial charge in [-0.3, -0.25) is 4.57 Å². The van der Waals surface area contributed by atoms with E-state index in [2.05, 4.69) is 6.92 Å². The van der Waals surface area contributed by atoms with Crippen LogP contribution in [0.5, 0.6) is 0 Å². The number of hydrogen-bond donors (Lipinski definition) is 1. The van der Waals surface area contributed by atoms with Crippen molar-refractivity contribution < 1.29 is 9.46 Å². The van der Waals surface area contributed by atoms with Crippen LogP contribution >= 0.6 is 8.03 Å². The third-order valence-corrected chi connectivity index (χ3v) is 3.44. The molecule has 84 valence electrons. The van der Waals surface area contributed by atoms with Crippen molar-refractivity contribution in [1.82, 2.24) is 0 Å². The van der Waals surface area contributed by atoms with Crippen molar-refractivity contribution >= 4 is 8.03 Å². The highest BCUT2D eigenvalue weighted by atomic mass is 31.1. The average molecular weight is 226 g/mol. The normalized spacial score (nSPS) is 14.8. The van der Waals surface area contributed by atoms with Crippen LogP contribution in [0, 0.1) is 0 Å². The molecule has 0 aliphatic heterocycles. The second-order valence-electron chi connectivity index (χ2n) is 3.85. The van der Waals surface area contributed by atoms with E-state index in [1.165, 1.54) is 5.56 Å². The molecular weight excluding hydrogens is 207 g/mol. The third kappa shape index (κ3) is 4.63. The number of rotatable bonds is 6. The summed E-state index contributed by atoms with van der Waals surface area (Å²) in [4.78, 5) is 9.03. The first-order valence-electron chi connectivity index (χ1n) is 5.50. The molecule has 0 heterocycles. The van der Waals surface area contributed by atoms with Gasteiger partial charge in [-0.25, -0.2) is 0 Å². The maximum Gasteiger partial charge on any atom is 0.189 e. The minimum absolute atomic E-state index is 0.252. The first-order chi connectivity index (χ1) is 7.24. The fraction of sp³-hybridized carbons (Fsp3) is 0.500. The molecule has 2 unspecified atom stereocenters. The van der Waals surface area contributed by atoms with Crippen LogP contribution in [0.3, 0.4) is 0 Å². The Morgan fingerprint density at radius 2 is 2.00 bits per heavy atom. The summed E-state index contributed by atoms with van der Waals surface area (Å²) >= 11 is 0. The van der Waals surface area contributed by atoms with Gasteiger partial charge in [-0.1, -0.05) is 50.1 Å². The van der Waals surface area contributed by atoms with Gasteiger partial charge in [-0.2, -0.15) is 0 Å². The Hall–Kier alpha value is -0.590. The Labute approximate surface area is 92.2 Å². The standard InChI is InChI=1S/C12H19O2P/c1-2-3-7-12(10-15(13)14)11-8-5-4-6-9-11/h4-6,8-9,12,15H,2-3,7,10H2,1H3,(H,13,14). The quantitative estimate of drug-likeness (QED) is 0.754. The van der Waals surface area contributed by atoms with E-state index >= 15 is 0 Å². The van der Waals surface area contributed by atoms with E-state index in [0.29, 0.717) is 6.16 Å². The van der Waals surface area contributed by atoms with Crippen LogP contribution < -0.4 is 0 Å². The molecule has 15 heavy (non-hydrogen) atoms. The van der Waals surface area contributed by atoms with Gasteiger partial charge in [0.2, 0.25) is 0 Å². The Morgan fingerprint density at radius 3 is 2.53 bits per heavy atom. The zero-order valence-corrected chi connectivity index (χ0v) is 10.1. The van der Waals surface area contributed by atoms with Crippen molar-refractivity contribution in [3.63, 3.8) is 0 Å². The Bertz CT molecular complexity index is 298. The molecule has 0 aliphatic carbocycles. The molecule has 0 aromatic heterocycles. The van der Waals surface area contributed by atoms with Crippen LogP contribution in [0.2, 0.25) is 0 Å². The van der Waals surface area contributed by atoms with Gasteiger partial charge < -0.3 is 4.89 Å². The van der Waals surface area contributed by atoms with E-state index in [0.717, 1.165) is 19.3 Å². The van der Waals surface area contributed by atoms with Gasteiger partial charge >= 0.3 is 0 Å². The molecule has 1 N–H and O–H groups in total. The van der Waals surface area contributed by atoms with Gasteiger partial charge in [0.1, 0.15) is 0 Å². The summed E-state index contributed by atoms with van der Waals surface area (Å²) in [6.07, 6.45) is 3.69. The molecule has 0 aliphatic rings. The van der Waals surface area contributed by atoms with E-state index in [1.807, 2.05) is 30.3 Å². The van der Waals surface area contributed by atoms with Crippen LogP contribution in [0.1, 0.15) is 37.7 Å². The lowest BCUT2D eigenvalue weighted by Gasteiger charge is -2.15. The lowest BCUT2D eigenvalue weighted by Crippen LogP contribution is -2.01. The molecule has 2 nitrogen and oxygen atoms in total. The average Bonchev–Trinajstić information content (AvgIpc) is 2.25. The molecule has 0 spiro atoms. The molecule has 1 rings (SSSR count). The Kier molecular flexibility index (Phi) is 5.67. The summed E-state index contributed by atoms with van der Waals surface area (Å²) in [6.45, 7) is 2.14. The summed E-state index contributed by atoms with van der Waals surface area (Å²) in [7, 11) is -2.36. The topological polar surface area (TPSA) is 37.3 Å². The molecule has 3 heteroatoms. The monoisotopic (exact) mass is 226 g/mol. The molecule has 0 saturated carbocycles. The minimum Gasteiger partial charge on any atom is -0.346 e. The van der Waals surface area contributed by atoms with Crippen LogP contribution in [0.4, 0.5) is 0 Å². The van der Waals surface area contributed by atoms with Gasteiger partial charge in [-0.05, 0) is 17.9 Å². The highest BCUT2D eigenvalue weighted by Gasteiger charge is 2.12. The zero-order chi connectivity index (χ0) is 11.1. The number of hydrogen-bond acceptors (Lipinski definition) is 1. The first-order valence-corrected chi connectivity index (χ1v) is 7.07. The van der Waals surface area contributed by atoms with E-state index < -0.39 is 8.03 Å². The van der Waals surface area contributed by atoms with Crippen molar-refractivity contribution in [2.24, 2.45) is 0 Å². The molecule has 0 amide bonds. The predicted octanol–water partition coefficient (Wildman–Crippen LogP) is 3.43. The Morgan fingerprint density at radius 1 is 1.33 bits per heavy atom. The van der Waals surface area contributed by atoms with Gasteiger partial charge in [-0.15, -0.1) is 0 Å². The molecule has 0 bridgehead atoms. The lowest BCUT2D eigenvalue weighted by atomic mass is 9.95. The second-order valence-corrected chi connectivity index (χ2v) is 5.04. The molecule has 1 aromatic carbocycles. The fourth-order valence-electron chi connectivity index (χ4n) is 1.77. The molecular formula is C12H19O2P. The zero-order valence-electron chi connectivity index (χ0n) is 9.15. The van der Waals surface area contributed by atoms with Crippen LogP contribution in [-0.4, -0.2) is 11.1 Å². The minimum atomic E-state index is -2.36. The van der Waals surface area contributed by atoms with E-state index in [1.54, 1.807) is 0 Å². The van der Waals surface area contributed by atoms with Gasteiger partial charge in [0.15, 0.2) is 8.03 Å². The van der Waals surface area contributed by atoms with Gasteiger partial charge in [0.25, 0.3) is 0 Å². The lowest BCUT2D eigenvalue weighted by molar-refractivity contribution is 0.492. The van der Waals surface area contributed by atoms with Crippen LogP contribution in [-0.2, 0) is 4.57 Å². The van der Waals surface area contributed by atoms with Crippen molar-refractivity contribution in [3.8, 4) is 0 Å². The van der Waals surface area contributed by atoms with Crippen molar-refractivity contribution in [3.05, 3.63) is 35.9 Å². The van der Waals surface area contributed by atoms with Crippen LogP contribution in [0.15, 0.2) is 30.3 Å². The summed E-state index contributed by atoms with van der Waals surface area (Å²) in [5, 5.41) is 0.